The van der Waals surface area contributed by atoms with Crippen molar-refractivity contribution in [1.82, 2.24) is 4.90 Å². The van der Waals surface area contributed by atoms with E-state index in [-0.39, 0.29) is 23.9 Å². The lowest BCUT2D eigenvalue weighted by atomic mass is 10.1. The molecule has 24 heavy (non-hydrogen) atoms. The third kappa shape index (κ3) is 3.36. The van der Waals surface area contributed by atoms with Crippen LogP contribution in [0.2, 0.25) is 0 Å². The van der Waals surface area contributed by atoms with Crippen LogP contribution >= 0.6 is 15.9 Å². The first kappa shape index (κ1) is 17.5. The summed E-state index contributed by atoms with van der Waals surface area (Å²) in [5, 5.41) is 0. The number of piperazine rings is 1. The van der Waals surface area contributed by atoms with Crippen LogP contribution in [0, 0.1) is 11.6 Å². The number of nitrogens with zero attached hydrogens (tertiary/aromatic N) is 2. The molecule has 3 rings (SSSR count). The first-order valence-electron chi connectivity index (χ1n) is 8.06. The zero-order valence-corrected chi connectivity index (χ0v) is 15.6. The van der Waals surface area contributed by atoms with Crippen LogP contribution in [0.15, 0.2) is 16.6 Å². The minimum absolute atomic E-state index is 0.0149. The van der Waals surface area contributed by atoms with Gasteiger partial charge in [-0.05, 0) is 45.7 Å². The summed E-state index contributed by atoms with van der Waals surface area (Å²) in [6, 6.07) is 2.36. The second-order valence-electron chi connectivity index (χ2n) is 7.40. The van der Waals surface area contributed by atoms with Gasteiger partial charge in [-0.3, -0.25) is 4.90 Å². The van der Waals surface area contributed by atoms with Gasteiger partial charge in [-0.15, -0.1) is 0 Å². The summed E-state index contributed by atoms with van der Waals surface area (Å²) < 4.78 is 34.3. The minimum Gasteiger partial charge on any atom is -0.444 e. The summed E-state index contributed by atoms with van der Waals surface area (Å²) in [5.74, 6) is -1.18. The van der Waals surface area contributed by atoms with Gasteiger partial charge in [0.15, 0.2) is 11.6 Å². The molecule has 0 N–H and O–H groups in total. The SMILES string of the molecule is CC(C)(C)OC(=O)N1C2CCC1CN(c1c(F)cc(Br)cc1F)C2. The lowest BCUT2D eigenvalue weighted by Gasteiger charge is -2.42. The Bertz CT molecular complexity index is 625. The summed E-state index contributed by atoms with van der Waals surface area (Å²) >= 11 is 3.10. The molecular formula is C17H21BrF2N2O2. The topological polar surface area (TPSA) is 32.8 Å². The summed E-state index contributed by atoms with van der Waals surface area (Å²) in [4.78, 5) is 15.9. The van der Waals surface area contributed by atoms with Gasteiger partial charge >= 0.3 is 6.09 Å². The van der Waals surface area contributed by atoms with Crippen molar-refractivity contribution in [2.45, 2.75) is 51.3 Å². The number of ether oxygens (including phenoxy) is 1. The van der Waals surface area contributed by atoms with Crippen molar-refractivity contribution >= 4 is 27.7 Å². The Labute approximate surface area is 148 Å². The summed E-state index contributed by atoms with van der Waals surface area (Å²) in [6.45, 7) is 6.30. The zero-order chi connectivity index (χ0) is 17.6. The Morgan fingerprint density at radius 1 is 1.17 bits per heavy atom. The molecule has 2 heterocycles. The fourth-order valence-corrected chi connectivity index (χ4v) is 3.94. The number of amides is 1. The van der Waals surface area contributed by atoms with E-state index in [1.807, 2.05) is 20.8 Å². The van der Waals surface area contributed by atoms with Crippen molar-refractivity contribution in [3.8, 4) is 0 Å². The van der Waals surface area contributed by atoms with E-state index >= 15 is 0 Å². The van der Waals surface area contributed by atoms with Crippen LogP contribution in [-0.2, 0) is 4.74 Å². The van der Waals surface area contributed by atoms with Crippen molar-refractivity contribution in [1.29, 1.82) is 0 Å². The Morgan fingerprint density at radius 2 is 1.67 bits per heavy atom. The van der Waals surface area contributed by atoms with E-state index in [0.29, 0.717) is 17.6 Å². The van der Waals surface area contributed by atoms with Gasteiger partial charge in [0, 0.05) is 17.6 Å². The van der Waals surface area contributed by atoms with Crippen molar-refractivity contribution in [3.63, 3.8) is 0 Å². The number of carbonyl (C=O) groups is 1. The molecule has 2 aliphatic heterocycles. The van der Waals surface area contributed by atoms with Crippen LogP contribution in [0.5, 0.6) is 0 Å². The molecule has 1 amide bonds. The maximum atomic E-state index is 14.2. The molecular weight excluding hydrogens is 382 g/mol. The average Bonchev–Trinajstić information content (AvgIpc) is 2.67. The first-order valence-corrected chi connectivity index (χ1v) is 8.86. The number of hydrogen-bond acceptors (Lipinski definition) is 3. The molecule has 0 saturated carbocycles. The number of hydrogen-bond donors (Lipinski definition) is 0. The van der Waals surface area contributed by atoms with Gasteiger partial charge in [0.05, 0.1) is 12.1 Å². The number of rotatable bonds is 1. The normalized spacial score (nSPS) is 23.6. The molecule has 1 aromatic carbocycles. The molecule has 2 fully saturated rings. The fraction of sp³-hybridized carbons (Fsp3) is 0.588. The summed E-state index contributed by atoms with van der Waals surface area (Å²) in [6.07, 6.45) is 1.30. The molecule has 2 saturated heterocycles. The molecule has 2 bridgehead atoms. The van der Waals surface area contributed by atoms with Crippen LogP contribution in [0.3, 0.4) is 0 Å². The Morgan fingerprint density at radius 3 is 2.12 bits per heavy atom. The van der Waals surface area contributed by atoms with Gasteiger partial charge in [-0.2, -0.15) is 0 Å². The van der Waals surface area contributed by atoms with Crippen molar-refractivity contribution in [3.05, 3.63) is 28.2 Å². The zero-order valence-electron chi connectivity index (χ0n) is 14.0. The molecule has 2 atom stereocenters. The lowest BCUT2D eigenvalue weighted by molar-refractivity contribution is 0.0122. The van der Waals surface area contributed by atoms with Crippen LogP contribution in [0.4, 0.5) is 19.3 Å². The van der Waals surface area contributed by atoms with Crippen LogP contribution < -0.4 is 4.90 Å². The van der Waals surface area contributed by atoms with E-state index in [4.69, 9.17) is 4.74 Å². The van der Waals surface area contributed by atoms with Gasteiger partial charge in [0.25, 0.3) is 0 Å². The third-order valence-electron chi connectivity index (χ3n) is 4.38. The second-order valence-corrected chi connectivity index (χ2v) is 8.31. The quantitative estimate of drug-likeness (QED) is 0.701. The Hall–Kier alpha value is -1.37. The molecule has 0 radical (unpaired) electrons. The fourth-order valence-electron chi connectivity index (χ4n) is 3.53. The molecule has 2 aliphatic rings. The highest BCUT2D eigenvalue weighted by atomic mass is 79.9. The highest BCUT2D eigenvalue weighted by Gasteiger charge is 2.45. The van der Waals surface area contributed by atoms with E-state index in [2.05, 4.69) is 15.9 Å². The first-order chi connectivity index (χ1) is 11.2. The van der Waals surface area contributed by atoms with Gasteiger partial charge in [0.1, 0.15) is 11.3 Å². The summed E-state index contributed by atoms with van der Waals surface area (Å²) in [7, 11) is 0. The van der Waals surface area contributed by atoms with Crippen molar-refractivity contribution < 1.29 is 18.3 Å². The van der Waals surface area contributed by atoms with E-state index in [1.54, 1.807) is 9.80 Å². The van der Waals surface area contributed by atoms with Gasteiger partial charge in [0.2, 0.25) is 0 Å². The highest BCUT2D eigenvalue weighted by molar-refractivity contribution is 9.10. The molecule has 4 nitrogen and oxygen atoms in total. The van der Waals surface area contributed by atoms with E-state index < -0.39 is 17.2 Å². The van der Waals surface area contributed by atoms with Crippen molar-refractivity contribution in [2.75, 3.05) is 18.0 Å². The predicted octanol–water partition coefficient (Wildman–Crippen LogP) is 4.32. The maximum absolute atomic E-state index is 14.2. The number of halogens is 3. The molecule has 0 aromatic heterocycles. The number of fused-ring (bicyclic) bond motifs is 2. The molecule has 0 spiro atoms. The van der Waals surface area contributed by atoms with Crippen LogP contribution in [-0.4, -0.2) is 41.8 Å². The number of benzene rings is 1. The largest absolute Gasteiger partial charge is 0.444 e. The molecule has 7 heteroatoms. The summed E-state index contributed by atoms with van der Waals surface area (Å²) in [5.41, 5.74) is -0.573. The maximum Gasteiger partial charge on any atom is 0.410 e. The van der Waals surface area contributed by atoms with Gasteiger partial charge < -0.3 is 9.64 Å². The minimum atomic E-state index is -0.591. The van der Waals surface area contributed by atoms with Crippen LogP contribution in [0.1, 0.15) is 33.6 Å². The molecule has 1 aromatic rings. The number of anilines is 1. The van der Waals surface area contributed by atoms with Gasteiger partial charge in [-0.1, -0.05) is 15.9 Å². The highest BCUT2D eigenvalue weighted by Crippen LogP contribution is 2.36. The van der Waals surface area contributed by atoms with E-state index in [9.17, 15) is 13.6 Å². The van der Waals surface area contributed by atoms with E-state index in [1.165, 1.54) is 12.1 Å². The average molecular weight is 403 g/mol. The monoisotopic (exact) mass is 402 g/mol. The Kier molecular flexibility index (Phi) is 4.49. The molecule has 0 aliphatic carbocycles. The molecule has 2 unspecified atom stereocenters. The van der Waals surface area contributed by atoms with E-state index in [0.717, 1.165) is 12.8 Å². The predicted molar refractivity (Wildman–Crippen MR) is 91.2 cm³/mol. The third-order valence-corrected chi connectivity index (χ3v) is 4.84. The molecule has 132 valence electrons. The smallest absolute Gasteiger partial charge is 0.410 e. The van der Waals surface area contributed by atoms with Crippen LogP contribution in [0.25, 0.3) is 0 Å². The lowest BCUT2D eigenvalue weighted by Crippen LogP contribution is -2.57. The number of carbonyl (C=O) groups excluding carboxylic acids is 1. The Balaban J connectivity index is 1.80. The van der Waals surface area contributed by atoms with Crippen molar-refractivity contribution in [2.24, 2.45) is 0 Å². The standard InChI is InChI=1S/C17H21BrF2N2O2/c1-17(2,3)24-16(23)22-11-4-5-12(22)9-21(8-11)15-13(19)6-10(18)7-14(15)20/h6-7,11-12H,4-5,8-9H2,1-3H3. The van der Waals surface area contributed by atoms with Gasteiger partial charge in [-0.25, -0.2) is 13.6 Å². The second kappa shape index (κ2) is 6.17.